The second-order valence-electron chi connectivity index (χ2n) is 7.89. The number of hydrogen-bond donors (Lipinski definition) is 1. The summed E-state index contributed by atoms with van der Waals surface area (Å²) >= 11 is 0. The lowest BCUT2D eigenvalue weighted by Gasteiger charge is -2.41. The molecule has 0 radical (unpaired) electrons. The predicted molar refractivity (Wildman–Crippen MR) is 103 cm³/mol. The van der Waals surface area contributed by atoms with Crippen LogP contribution < -0.4 is 5.32 Å². The number of halogens is 1. The molecule has 1 aromatic carbocycles. The highest BCUT2D eigenvalue weighted by atomic mass is 19.1. The molecule has 1 aromatic heterocycles. The number of likely N-dealkylation sites (tertiary alicyclic amines) is 1. The third-order valence-electron chi connectivity index (χ3n) is 6.16. The minimum absolute atomic E-state index is 0.00950. The Hall–Kier alpha value is -2.76. The second kappa shape index (κ2) is 7.70. The molecular formula is C22H24FN3O2. The van der Waals surface area contributed by atoms with E-state index in [0.717, 1.165) is 24.8 Å². The monoisotopic (exact) mass is 381 g/mol. The highest BCUT2D eigenvalue weighted by Crippen LogP contribution is 2.51. The molecule has 28 heavy (non-hydrogen) atoms. The first-order valence-corrected chi connectivity index (χ1v) is 9.75. The molecule has 1 aliphatic carbocycles. The van der Waals surface area contributed by atoms with Gasteiger partial charge in [-0.1, -0.05) is 30.7 Å². The lowest BCUT2D eigenvalue weighted by molar-refractivity contribution is -0.130. The zero-order valence-electron chi connectivity index (χ0n) is 15.7. The van der Waals surface area contributed by atoms with Crippen molar-refractivity contribution in [3.63, 3.8) is 0 Å². The number of rotatable bonds is 5. The number of aromatic nitrogens is 1. The lowest BCUT2D eigenvalue weighted by atomic mass is 9.62. The molecule has 2 fully saturated rings. The normalized spacial score (nSPS) is 20.0. The SMILES string of the molecule is O=C(NCc1cccnc1)C1CN(C(=O)Cc2ccccc2F)CC12CCC2. The van der Waals surface area contributed by atoms with Gasteiger partial charge in [0.25, 0.3) is 0 Å². The number of carbonyl (C=O) groups is 2. The summed E-state index contributed by atoms with van der Waals surface area (Å²) in [6.07, 6.45) is 6.47. The van der Waals surface area contributed by atoms with Crippen molar-refractivity contribution in [2.75, 3.05) is 13.1 Å². The molecule has 2 aromatic rings. The number of nitrogens with zero attached hydrogens (tertiary/aromatic N) is 2. The van der Waals surface area contributed by atoms with E-state index in [1.54, 1.807) is 35.5 Å². The molecule has 1 unspecified atom stereocenters. The van der Waals surface area contributed by atoms with Crippen LogP contribution in [0.2, 0.25) is 0 Å². The molecule has 1 saturated carbocycles. The van der Waals surface area contributed by atoms with Crippen molar-refractivity contribution < 1.29 is 14.0 Å². The van der Waals surface area contributed by atoms with Crippen LogP contribution in [0.15, 0.2) is 48.8 Å². The Morgan fingerprint density at radius 1 is 1.21 bits per heavy atom. The molecule has 1 saturated heterocycles. The third-order valence-corrected chi connectivity index (χ3v) is 6.16. The zero-order valence-corrected chi connectivity index (χ0v) is 15.7. The number of nitrogens with one attached hydrogen (secondary N) is 1. The minimum atomic E-state index is -0.362. The fraction of sp³-hybridized carbons (Fsp3) is 0.409. The van der Waals surface area contributed by atoms with Gasteiger partial charge in [-0.2, -0.15) is 0 Å². The van der Waals surface area contributed by atoms with E-state index in [2.05, 4.69) is 10.3 Å². The number of hydrogen-bond acceptors (Lipinski definition) is 3. The van der Waals surface area contributed by atoms with Gasteiger partial charge in [-0.25, -0.2) is 4.39 Å². The Labute approximate surface area is 164 Å². The molecule has 1 atom stereocenters. The molecule has 1 aliphatic heterocycles. The van der Waals surface area contributed by atoms with Crippen molar-refractivity contribution in [2.45, 2.75) is 32.2 Å². The Morgan fingerprint density at radius 3 is 2.71 bits per heavy atom. The van der Waals surface area contributed by atoms with Gasteiger partial charge in [-0.15, -0.1) is 0 Å². The fourth-order valence-electron chi connectivity index (χ4n) is 4.39. The topological polar surface area (TPSA) is 62.3 Å². The number of pyridine rings is 1. The van der Waals surface area contributed by atoms with Gasteiger partial charge in [-0.05, 0) is 36.1 Å². The maximum Gasteiger partial charge on any atom is 0.227 e. The van der Waals surface area contributed by atoms with Crippen molar-refractivity contribution in [2.24, 2.45) is 11.3 Å². The molecule has 2 heterocycles. The van der Waals surface area contributed by atoms with Crippen LogP contribution >= 0.6 is 0 Å². The molecule has 2 amide bonds. The van der Waals surface area contributed by atoms with Crippen LogP contribution in [0.5, 0.6) is 0 Å². The van der Waals surface area contributed by atoms with Gasteiger partial charge in [0.05, 0.1) is 12.3 Å². The highest BCUT2D eigenvalue weighted by Gasteiger charge is 2.54. The quantitative estimate of drug-likeness (QED) is 0.866. The van der Waals surface area contributed by atoms with E-state index in [1.165, 1.54) is 6.07 Å². The van der Waals surface area contributed by atoms with E-state index in [-0.39, 0.29) is 35.4 Å². The van der Waals surface area contributed by atoms with Crippen LogP contribution in [-0.4, -0.2) is 34.8 Å². The van der Waals surface area contributed by atoms with Crippen LogP contribution in [0.4, 0.5) is 4.39 Å². The van der Waals surface area contributed by atoms with Crippen molar-refractivity contribution in [3.8, 4) is 0 Å². The van der Waals surface area contributed by atoms with Gasteiger partial charge in [0.1, 0.15) is 5.82 Å². The summed E-state index contributed by atoms with van der Waals surface area (Å²) in [6, 6.07) is 10.1. The Balaban J connectivity index is 1.41. The zero-order chi connectivity index (χ0) is 19.6. The maximum atomic E-state index is 13.9. The summed E-state index contributed by atoms with van der Waals surface area (Å²) in [6.45, 7) is 1.43. The third kappa shape index (κ3) is 3.63. The number of amides is 2. The van der Waals surface area contributed by atoms with Gasteiger partial charge in [0.2, 0.25) is 11.8 Å². The number of benzene rings is 1. The summed E-state index contributed by atoms with van der Waals surface area (Å²) in [5.41, 5.74) is 1.23. The Bertz CT molecular complexity index is 867. The van der Waals surface area contributed by atoms with E-state index in [0.29, 0.717) is 25.2 Å². The first-order valence-electron chi connectivity index (χ1n) is 9.75. The van der Waals surface area contributed by atoms with Crippen LogP contribution in [0, 0.1) is 17.2 Å². The van der Waals surface area contributed by atoms with Gasteiger partial charge >= 0.3 is 0 Å². The summed E-state index contributed by atoms with van der Waals surface area (Å²) < 4.78 is 13.9. The molecular weight excluding hydrogens is 357 g/mol. The van der Waals surface area contributed by atoms with E-state index in [4.69, 9.17) is 0 Å². The van der Waals surface area contributed by atoms with Crippen LogP contribution in [0.1, 0.15) is 30.4 Å². The van der Waals surface area contributed by atoms with Crippen LogP contribution in [0.25, 0.3) is 0 Å². The maximum absolute atomic E-state index is 13.9. The summed E-state index contributed by atoms with van der Waals surface area (Å²) in [5, 5.41) is 3.01. The van der Waals surface area contributed by atoms with E-state index >= 15 is 0 Å². The van der Waals surface area contributed by atoms with Gasteiger partial charge in [0, 0.05) is 37.4 Å². The Morgan fingerprint density at radius 2 is 2.04 bits per heavy atom. The van der Waals surface area contributed by atoms with Crippen molar-refractivity contribution in [3.05, 3.63) is 65.7 Å². The summed E-state index contributed by atoms with van der Waals surface area (Å²) in [7, 11) is 0. The molecule has 4 rings (SSSR count). The van der Waals surface area contributed by atoms with E-state index in [9.17, 15) is 14.0 Å². The van der Waals surface area contributed by atoms with Crippen molar-refractivity contribution in [1.82, 2.24) is 15.2 Å². The molecule has 5 nitrogen and oxygen atoms in total. The molecule has 0 bridgehead atoms. The van der Waals surface area contributed by atoms with Gasteiger partial charge in [0.15, 0.2) is 0 Å². The molecule has 6 heteroatoms. The van der Waals surface area contributed by atoms with E-state index < -0.39 is 0 Å². The predicted octanol–water partition coefficient (Wildman–Crippen LogP) is 2.71. The minimum Gasteiger partial charge on any atom is -0.352 e. The lowest BCUT2D eigenvalue weighted by Crippen LogP contribution is -2.45. The van der Waals surface area contributed by atoms with Crippen molar-refractivity contribution >= 4 is 11.8 Å². The van der Waals surface area contributed by atoms with E-state index in [1.807, 2.05) is 12.1 Å². The average molecular weight is 381 g/mol. The smallest absolute Gasteiger partial charge is 0.227 e. The fourth-order valence-corrected chi connectivity index (χ4v) is 4.39. The van der Waals surface area contributed by atoms with Crippen LogP contribution in [-0.2, 0) is 22.6 Å². The molecule has 2 aliphatic rings. The first kappa shape index (κ1) is 18.6. The summed E-state index contributed by atoms with van der Waals surface area (Å²) in [5.74, 6) is -0.690. The van der Waals surface area contributed by atoms with Crippen LogP contribution in [0.3, 0.4) is 0 Å². The van der Waals surface area contributed by atoms with Gasteiger partial charge < -0.3 is 10.2 Å². The Kier molecular flexibility index (Phi) is 5.11. The molecule has 146 valence electrons. The molecule has 1 spiro atoms. The van der Waals surface area contributed by atoms with Gasteiger partial charge in [-0.3, -0.25) is 14.6 Å². The first-order chi connectivity index (χ1) is 13.6. The molecule has 1 N–H and O–H groups in total. The average Bonchev–Trinajstić information content (AvgIpc) is 3.10. The largest absolute Gasteiger partial charge is 0.352 e. The summed E-state index contributed by atoms with van der Waals surface area (Å²) in [4.78, 5) is 31.5. The van der Waals surface area contributed by atoms with Crippen molar-refractivity contribution in [1.29, 1.82) is 0 Å². The highest BCUT2D eigenvalue weighted by molar-refractivity contribution is 5.84. The second-order valence-corrected chi connectivity index (χ2v) is 7.89. The standard InChI is InChI=1S/C22H24FN3O2/c23-19-7-2-1-6-17(19)11-20(27)26-14-18(22(15-26)8-4-9-22)21(28)25-13-16-5-3-10-24-12-16/h1-3,5-7,10,12,18H,4,8-9,11,13-15H2,(H,25,28). The number of carbonyl (C=O) groups excluding carboxylic acids is 2.